The van der Waals surface area contributed by atoms with Crippen LogP contribution in [0.5, 0.6) is 0 Å². The molecule has 1 N–H and O–H groups in total. The first-order valence-corrected chi connectivity index (χ1v) is 6.92. The van der Waals surface area contributed by atoms with Crippen molar-refractivity contribution in [1.29, 1.82) is 0 Å². The minimum absolute atomic E-state index is 0.746. The highest BCUT2D eigenvalue weighted by Crippen LogP contribution is 2.15. The molecule has 2 rings (SSSR count). The molecule has 18 heavy (non-hydrogen) atoms. The van der Waals surface area contributed by atoms with Gasteiger partial charge in [-0.1, -0.05) is 18.6 Å². The van der Waals surface area contributed by atoms with Crippen molar-refractivity contribution in [3.63, 3.8) is 0 Å². The van der Waals surface area contributed by atoms with E-state index >= 15 is 0 Å². The van der Waals surface area contributed by atoms with Crippen molar-refractivity contribution in [1.82, 2.24) is 4.90 Å². The zero-order valence-electron chi connectivity index (χ0n) is 11.3. The van der Waals surface area contributed by atoms with Crippen LogP contribution in [0.2, 0.25) is 0 Å². The van der Waals surface area contributed by atoms with Crippen LogP contribution in [0, 0.1) is 0 Å². The van der Waals surface area contributed by atoms with Gasteiger partial charge in [-0.2, -0.15) is 0 Å². The highest BCUT2D eigenvalue weighted by molar-refractivity contribution is 5.44. The lowest BCUT2D eigenvalue weighted by Crippen LogP contribution is -2.29. The second-order valence-corrected chi connectivity index (χ2v) is 4.95. The number of piperidine rings is 1. The summed E-state index contributed by atoms with van der Waals surface area (Å²) in [6, 6.07) is 8.78. The average molecular weight is 248 g/mol. The van der Waals surface area contributed by atoms with E-state index in [9.17, 15) is 0 Å². The molecule has 1 saturated heterocycles. The van der Waals surface area contributed by atoms with Crippen LogP contribution in [0.3, 0.4) is 0 Å². The van der Waals surface area contributed by atoms with E-state index in [0.717, 1.165) is 19.7 Å². The lowest BCUT2D eigenvalue weighted by Gasteiger charge is -2.26. The zero-order chi connectivity index (χ0) is 12.6. The van der Waals surface area contributed by atoms with E-state index < -0.39 is 0 Å². The SMILES string of the molecule is COCCNc1ccc(CN2CCCCC2)cc1. The summed E-state index contributed by atoms with van der Waals surface area (Å²) in [5.41, 5.74) is 2.59. The van der Waals surface area contributed by atoms with E-state index in [1.54, 1.807) is 7.11 Å². The molecular weight excluding hydrogens is 224 g/mol. The number of hydrogen-bond acceptors (Lipinski definition) is 3. The van der Waals surface area contributed by atoms with E-state index in [1.165, 1.54) is 43.6 Å². The van der Waals surface area contributed by atoms with Crippen LogP contribution in [0.4, 0.5) is 5.69 Å². The summed E-state index contributed by atoms with van der Waals surface area (Å²) in [6.07, 6.45) is 4.12. The maximum absolute atomic E-state index is 5.02. The van der Waals surface area contributed by atoms with Crippen molar-refractivity contribution < 1.29 is 4.74 Å². The van der Waals surface area contributed by atoms with Gasteiger partial charge in [-0.3, -0.25) is 4.90 Å². The second-order valence-electron chi connectivity index (χ2n) is 4.95. The minimum atomic E-state index is 0.746. The molecule has 100 valence electrons. The monoisotopic (exact) mass is 248 g/mol. The molecule has 0 bridgehead atoms. The fourth-order valence-corrected chi connectivity index (χ4v) is 2.40. The van der Waals surface area contributed by atoms with Crippen molar-refractivity contribution in [3.05, 3.63) is 29.8 Å². The predicted octanol–water partition coefficient (Wildman–Crippen LogP) is 2.73. The van der Waals surface area contributed by atoms with Gasteiger partial charge in [0.05, 0.1) is 6.61 Å². The van der Waals surface area contributed by atoms with Crippen molar-refractivity contribution in [3.8, 4) is 0 Å². The second kappa shape index (κ2) is 7.39. The van der Waals surface area contributed by atoms with Crippen LogP contribution in [-0.2, 0) is 11.3 Å². The smallest absolute Gasteiger partial charge is 0.0635 e. The van der Waals surface area contributed by atoms with Crippen molar-refractivity contribution >= 4 is 5.69 Å². The Hall–Kier alpha value is -1.06. The molecule has 0 unspecified atom stereocenters. The predicted molar refractivity (Wildman–Crippen MR) is 75.9 cm³/mol. The van der Waals surface area contributed by atoms with Crippen LogP contribution in [-0.4, -0.2) is 38.3 Å². The molecule has 3 heteroatoms. The minimum Gasteiger partial charge on any atom is -0.383 e. The summed E-state index contributed by atoms with van der Waals surface area (Å²) in [5.74, 6) is 0. The molecule has 0 spiro atoms. The Morgan fingerprint density at radius 2 is 1.83 bits per heavy atom. The van der Waals surface area contributed by atoms with Gasteiger partial charge in [0.15, 0.2) is 0 Å². The largest absolute Gasteiger partial charge is 0.383 e. The molecule has 0 amide bonds. The fourth-order valence-electron chi connectivity index (χ4n) is 2.40. The maximum atomic E-state index is 5.02. The number of methoxy groups -OCH3 is 1. The van der Waals surface area contributed by atoms with Gasteiger partial charge in [0, 0.05) is 25.9 Å². The number of nitrogens with one attached hydrogen (secondary N) is 1. The van der Waals surface area contributed by atoms with E-state index in [1.807, 2.05) is 0 Å². The number of ether oxygens (including phenoxy) is 1. The van der Waals surface area contributed by atoms with Gasteiger partial charge in [-0.15, -0.1) is 0 Å². The first kappa shape index (κ1) is 13.4. The molecule has 1 aromatic carbocycles. The summed E-state index contributed by atoms with van der Waals surface area (Å²) in [4.78, 5) is 2.55. The molecule has 1 aliphatic heterocycles. The van der Waals surface area contributed by atoms with Gasteiger partial charge in [-0.25, -0.2) is 0 Å². The van der Waals surface area contributed by atoms with Crippen LogP contribution < -0.4 is 5.32 Å². The van der Waals surface area contributed by atoms with Crippen LogP contribution in [0.25, 0.3) is 0 Å². The van der Waals surface area contributed by atoms with E-state index in [0.29, 0.717) is 0 Å². The van der Waals surface area contributed by atoms with Crippen molar-refractivity contribution in [2.75, 3.05) is 38.7 Å². The number of likely N-dealkylation sites (tertiary alicyclic amines) is 1. The summed E-state index contributed by atoms with van der Waals surface area (Å²) in [6.45, 7) is 5.22. The number of hydrogen-bond donors (Lipinski definition) is 1. The summed E-state index contributed by atoms with van der Waals surface area (Å²) in [7, 11) is 1.73. The normalized spacial score (nSPS) is 16.7. The first-order chi connectivity index (χ1) is 8.88. The van der Waals surface area contributed by atoms with Crippen molar-refractivity contribution in [2.45, 2.75) is 25.8 Å². The lowest BCUT2D eigenvalue weighted by atomic mass is 10.1. The molecule has 0 saturated carbocycles. The lowest BCUT2D eigenvalue weighted by molar-refractivity contribution is 0.211. The number of benzene rings is 1. The van der Waals surface area contributed by atoms with Gasteiger partial charge >= 0.3 is 0 Å². The molecule has 1 heterocycles. The van der Waals surface area contributed by atoms with Gasteiger partial charge in [0.25, 0.3) is 0 Å². The Morgan fingerprint density at radius 3 is 2.50 bits per heavy atom. The number of anilines is 1. The third kappa shape index (κ3) is 4.31. The topological polar surface area (TPSA) is 24.5 Å². The number of nitrogens with zero attached hydrogens (tertiary/aromatic N) is 1. The van der Waals surface area contributed by atoms with Crippen molar-refractivity contribution in [2.24, 2.45) is 0 Å². The Balaban J connectivity index is 1.79. The standard InChI is InChI=1S/C15H24N2O/c1-18-12-9-16-15-7-5-14(6-8-15)13-17-10-3-2-4-11-17/h5-8,16H,2-4,9-13H2,1H3. The first-order valence-electron chi connectivity index (χ1n) is 6.92. The quantitative estimate of drug-likeness (QED) is 0.783. The van der Waals surface area contributed by atoms with Crippen LogP contribution in [0.15, 0.2) is 24.3 Å². The average Bonchev–Trinajstić information content (AvgIpc) is 2.42. The fraction of sp³-hybridized carbons (Fsp3) is 0.600. The molecule has 0 aromatic heterocycles. The Morgan fingerprint density at radius 1 is 1.11 bits per heavy atom. The molecule has 1 fully saturated rings. The zero-order valence-corrected chi connectivity index (χ0v) is 11.3. The maximum Gasteiger partial charge on any atom is 0.0635 e. The third-order valence-electron chi connectivity index (χ3n) is 3.44. The summed E-state index contributed by atoms with van der Waals surface area (Å²) < 4.78 is 5.02. The van der Waals surface area contributed by atoms with Crippen LogP contribution in [0.1, 0.15) is 24.8 Å². The molecule has 0 radical (unpaired) electrons. The van der Waals surface area contributed by atoms with E-state index in [2.05, 4.69) is 34.5 Å². The molecular formula is C15H24N2O. The van der Waals surface area contributed by atoms with E-state index in [4.69, 9.17) is 4.74 Å². The highest BCUT2D eigenvalue weighted by Gasteiger charge is 2.09. The molecule has 1 aromatic rings. The molecule has 0 aliphatic carbocycles. The number of rotatable bonds is 6. The summed E-state index contributed by atoms with van der Waals surface area (Å²) in [5, 5.41) is 3.34. The summed E-state index contributed by atoms with van der Waals surface area (Å²) >= 11 is 0. The van der Waals surface area contributed by atoms with Gasteiger partial charge in [0.1, 0.15) is 0 Å². The molecule has 3 nitrogen and oxygen atoms in total. The Kier molecular flexibility index (Phi) is 5.49. The van der Waals surface area contributed by atoms with E-state index in [-0.39, 0.29) is 0 Å². The third-order valence-corrected chi connectivity index (χ3v) is 3.44. The molecule has 0 atom stereocenters. The molecule has 1 aliphatic rings. The van der Waals surface area contributed by atoms with Gasteiger partial charge in [-0.05, 0) is 43.6 Å². The van der Waals surface area contributed by atoms with Gasteiger partial charge in [0.2, 0.25) is 0 Å². The Bertz CT molecular complexity index is 331. The highest BCUT2D eigenvalue weighted by atomic mass is 16.5. The Labute approximate surface area is 110 Å². The van der Waals surface area contributed by atoms with Crippen LogP contribution >= 0.6 is 0 Å². The van der Waals surface area contributed by atoms with Gasteiger partial charge < -0.3 is 10.1 Å².